The van der Waals surface area contributed by atoms with Gasteiger partial charge in [0.25, 0.3) is 0 Å². The van der Waals surface area contributed by atoms with Gasteiger partial charge in [0.15, 0.2) is 0 Å². The molecule has 4 nitrogen and oxygen atoms in total. The SMILES string of the molecule is Cc1cc2oc(=O)cc(COC(=O)Cc3ccc(-c4ccccc4)cc3)c2cc1C(C)C. The van der Waals surface area contributed by atoms with Crippen molar-refractivity contribution in [3.63, 3.8) is 0 Å². The van der Waals surface area contributed by atoms with Crippen LogP contribution in [0.3, 0.4) is 0 Å². The van der Waals surface area contributed by atoms with Gasteiger partial charge in [-0.1, -0.05) is 68.4 Å². The van der Waals surface area contributed by atoms with Crippen LogP contribution in [0.5, 0.6) is 0 Å². The highest BCUT2D eigenvalue weighted by atomic mass is 16.5. The van der Waals surface area contributed by atoms with Crippen molar-refractivity contribution in [2.45, 2.75) is 39.7 Å². The number of rotatable bonds is 6. The quantitative estimate of drug-likeness (QED) is 0.273. The number of esters is 1. The van der Waals surface area contributed by atoms with Gasteiger partial charge in [-0.3, -0.25) is 4.79 Å². The first kappa shape index (κ1) is 21.6. The van der Waals surface area contributed by atoms with E-state index in [9.17, 15) is 9.59 Å². The Bertz CT molecular complexity index is 1300. The fourth-order valence-electron chi connectivity index (χ4n) is 3.95. The van der Waals surface area contributed by atoms with E-state index in [4.69, 9.17) is 9.15 Å². The van der Waals surface area contributed by atoms with Crippen molar-refractivity contribution < 1.29 is 13.9 Å². The second-order valence-corrected chi connectivity index (χ2v) is 8.35. The van der Waals surface area contributed by atoms with Crippen molar-refractivity contribution in [1.29, 1.82) is 0 Å². The van der Waals surface area contributed by atoms with Gasteiger partial charge < -0.3 is 9.15 Å². The molecule has 4 heteroatoms. The molecule has 0 unspecified atom stereocenters. The number of ether oxygens (including phenoxy) is 1. The molecule has 162 valence electrons. The topological polar surface area (TPSA) is 56.5 Å². The summed E-state index contributed by atoms with van der Waals surface area (Å²) in [6.07, 6.45) is 0.171. The standard InChI is InChI=1S/C28H26O4/c1-18(2)24-16-25-23(15-28(30)32-26(25)13-19(24)3)17-31-27(29)14-20-9-11-22(12-10-20)21-7-5-4-6-8-21/h4-13,15-16,18H,14,17H2,1-3H3. The van der Waals surface area contributed by atoms with Crippen molar-refractivity contribution >= 4 is 16.9 Å². The van der Waals surface area contributed by atoms with Gasteiger partial charge in [-0.15, -0.1) is 0 Å². The number of benzene rings is 3. The highest BCUT2D eigenvalue weighted by Gasteiger charge is 2.13. The Hall–Kier alpha value is -3.66. The van der Waals surface area contributed by atoms with Crippen molar-refractivity contribution in [3.8, 4) is 11.1 Å². The first-order valence-electron chi connectivity index (χ1n) is 10.8. The first-order chi connectivity index (χ1) is 15.4. The normalized spacial score (nSPS) is 11.1. The minimum Gasteiger partial charge on any atom is -0.461 e. The Morgan fingerprint density at radius 3 is 2.31 bits per heavy atom. The van der Waals surface area contributed by atoms with Crippen LogP contribution < -0.4 is 5.63 Å². The summed E-state index contributed by atoms with van der Waals surface area (Å²) in [6, 6.07) is 23.3. The zero-order valence-electron chi connectivity index (χ0n) is 18.6. The Morgan fingerprint density at radius 1 is 0.938 bits per heavy atom. The van der Waals surface area contributed by atoms with Crippen molar-refractivity contribution in [2.75, 3.05) is 0 Å². The summed E-state index contributed by atoms with van der Waals surface area (Å²) in [5.41, 5.74) is 6.09. The molecule has 32 heavy (non-hydrogen) atoms. The van der Waals surface area contributed by atoms with E-state index in [2.05, 4.69) is 26.0 Å². The van der Waals surface area contributed by atoms with Crippen LogP contribution in [0, 0.1) is 6.92 Å². The summed E-state index contributed by atoms with van der Waals surface area (Å²) in [7, 11) is 0. The lowest BCUT2D eigenvalue weighted by molar-refractivity contribution is -0.144. The molecule has 0 saturated heterocycles. The molecule has 0 atom stereocenters. The minimum absolute atomic E-state index is 0.0314. The average Bonchev–Trinajstić information content (AvgIpc) is 2.78. The van der Waals surface area contributed by atoms with E-state index in [0.717, 1.165) is 27.6 Å². The molecule has 0 aliphatic rings. The smallest absolute Gasteiger partial charge is 0.336 e. The molecule has 0 amide bonds. The summed E-state index contributed by atoms with van der Waals surface area (Å²) in [6.45, 7) is 6.28. The lowest BCUT2D eigenvalue weighted by Crippen LogP contribution is -2.10. The molecule has 0 spiro atoms. The molecule has 0 saturated carbocycles. The van der Waals surface area contributed by atoms with E-state index in [1.165, 1.54) is 11.6 Å². The van der Waals surface area contributed by atoms with Gasteiger partial charge >= 0.3 is 11.6 Å². The predicted octanol–water partition coefficient (Wildman–Crippen LogP) is 6.18. The number of carbonyl (C=O) groups excluding carboxylic acids is 1. The van der Waals surface area contributed by atoms with Crippen LogP contribution in [0.2, 0.25) is 0 Å². The maximum absolute atomic E-state index is 12.5. The van der Waals surface area contributed by atoms with Gasteiger partial charge in [0, 0.05) is 17.0 Å². The largest absolute Gasteiger partial charge is 0.461 e. The van der Waals surface area contributed by atoms with Gasteiger partial charge in [-0.2, -0.15) is 0 Å². The van der Waals surface area contributed by atoms with Crippen LogP contribution in [0.4, 0.5) is 0 Å². The third-order valence-electron chi connectivity index (χ3n) is 5.64. The van der Waals surface area contributed by atoms with E-state index in [1.807, 2.05) is 61.5 Å². The number of hydrogen-bond donors (Lipinski definition) is 0. The van der Waals surface area contributed by atoms with Gasteiger partial charge in [0.05, 0.1) is 6.42 Å². The molecule has 0 radical (unpaired) electrons. The summed E-state index contributed by atoms with van der Waals surface area (Å²) in [4.78, 5) is 24.5. The molecule has 1 heterocycles. The molecular weight excluding hydrogens is 400 g/mol. The van der Waals surface area contributed by atoms with Crippen LogP contribution in [-0.4, -0.2) is 5.97 Å². The number of fused-ring (bicyclic) bond motifs is 1. The number of aryl methyl sites for hydroxylation is 1. The summed E-state index contributed by atoms with van der Waals surface area (Å²) >= 11 is 0. The molecule has 0 bridgehead atoms. The molecule has 0 N–H and O–H groups in total. The van der Waals surface area contributed by atoms with Crippen molar-refractivity contribution in [2.24, 2.45) is 0 Å². The average molecular weight is 427 g/mol. The zero-order chi connectivity index (χ0) is 22.7. The number of carbonyl (C=O) groups is 1. The third kappa shape index (κ3) is 4.80. The highest BCUT2D eigenvalue weighted by molar-refractivity contribution is 5.82. The Labute approximate surface area is 187 Å². The Morgan fingerprint density at radius 2 is 1.62 bits per heavy atom. The van der Waals surface area contributed by atoms with Gasteiger partial charge in [0.2, 0.25) is 0 Å². The predicted molar refractivity (Wildman–Crippen MR) is 127 cm³/mol. The lowest BCUT2D eigenvalue weighted by atomic mass is 9.95. The van der Waals surface area contributed by atoms with Crippen LogP contribution in [0.1, 0.15) is 42.0 Å². The Balaban J connectivity index is 1.48. The fourth-order valence-corrected chi connectivity index (χ4v) is 3.95. The summed E-state index contributed by atoms with van der Waals surface area (Å²) in [5, 5.41) is 0.805. The number of hydrogen-bond acceptors (Lipinski definition) is 4. The second-order valence-electron chi connectivity index (χ2n) is 8.35. The molecule has 3 aromatic carbocycles. The monoisotopic (exact) mass is 426 g/mol. The Kier molecular flexibility index (Phi) is 6.22. The maximum Gasteiger partial charge on any atom is 0.336 e. The van der Waals surface area contributed by atoms with E-state index in [1.54, 1.807) is 0 Å². The molecule has 0 aliphatic heterocycles. The molecule has 0 aliphatic carbocycles. The molecule has 1 aromatic heterocycles. The third-order valence-corrected chi connectivity index (χ3v) is 5.64. The summed E-state index contributed by atoms with van der Waals surface area (Å²) < 4.78 is 10.9. The van der Waals surface area contributed by atoms with Crippen LogP contribution >= 0.6 is 0 Å². The van der Waals surface area contributed by atoms with Gasteiger partial charge in [-0.05, 0) is 52.8 Å². The zero-order valence-corrected chi connectivity index (χ0v) is 18.6. The van der Waals surface area contributed by atoms with Crippen LogP contribution in [0.15, 0.2) is 82.0 Å². The van der Waals surface area contributed by atoms with Crippen molar-refractivity contribution in [3.05, 3.63) is 105 Å². The van der Waals surface area contributed by atoms with E-state index in [0.29, 0.717) is 17.1 Å². The molecular formula is C28H26O4. The van der Waals surface area contributed by atoms with Crippen molar-refractivity contribution in [1.82, 2.24) is 0 Å². The van der Waals surface area contributed by atoms with Crippen LogP contribution in [0.25, 0.3) is 22.1 Å². The highest BCUT2D eigenvalue weighted by Crippen LogP contribution is 2.27. The molecule has 4 rings (SSSR count). The van der Waals surface area contributed by atoms with E-state index >= 15 is 0 Å². The lowest BCUT2D eigenvalue weighted by Gasteiger charge is -2.13. The minimum atomic E-state index is -0.447. The maximum atomic E-state index is 12.5. The van der Waals surface area contributed by atoms with Gasteiger partial charge in [-0.25, -0.2) is 4.79 Å². The molecule has 4 aromatic rings. The van der Waals surface area contributed by atoms with Crippen LogP contribution in [-0.2, 0) is 22.6 Å². The van der Waals surface area contributed by atoms with Gasteiger partial charge in [0.1, 0.15) is 12.2 Å². The van der Waals surface area contributed by atoms with E-state index in [-0.39, 0.29) is 19.0 Å². The van der Waals surface area contributed by atoms with E-state index < -0.39 is 5.63 Å². The first-order valence-corrected chi connectivity index (χ1v) is 10.8. The second kappa shape index (κ2) is 9.23. The summed E-state index contributed by atoms with van der Waals surface area (Å²) in [5.74, 6) is -0.00404. The fraction of sp³-hybridized carbons (Fsp3) is 0.214. The molecule has 0 fully saturated rings.